The van der Waals surface area contributed by atoms with Gasteiger partial charge in [0.15, 0.2) is 5.92 Å². The van der Waals surface area contributed by atoms with Crippen LogP contribution in [0.5, 0.6) is 0 Å². The van der Waals surface area contributed by atoms with Crippen molar-refractivity contribution in [2.45, 2.75) is 25.1 Å². The number of nitrogens with zero attached hydrogens (tertiary/aromatic N) is 1. The summed E-state index contributed by atoms with van der Waals surface area (Å²) in [6.07, 6.45) is -3.21. The zero-order valence-electron chi connectivity index (χ0n) is 8.70. The third-order valence-corrected chi connectivity index (χ3v) is 2.68. The highest BCUT2D eigenvalue weighted by atomic mass is 19.4. The molecule has 2 atom stereocenters. The lowest BCUT2D eigenvalue weighted by Crippen LogP contribution is -2.48. The van der Waals surface area contributed by atoms with E-state index in [2.05, 4.69) is 0 Å². The summed E-state index contributed by atoms with van der Waals surface area (Å²) in [6, 6.07) is -0.156. The molecule has 1 aliphatic rings. The third kappa shape index (κ3) is 3.64. The predicted octanol–water partition coefficient (Wildman–Crippen LogP) is 0.673. The number of piperidine rings is 1. The molecule has 1 heterocycles. The molecule has 2 unspecified atom stereocenters. The van der Waals surface area contributed by atoms with Gasteiger partial charge >= 0.3 is 12.1 Å². The van der Waals surface area contributed by atoms with Gasteiger partial charge in [0.25, 0.3) is 0 Å². The maximum absolute atomic E-state index is 12.4. The van der Waals surface area contributed by atoms with Crippen molar-refractivity contribution < 1.29 is 23.1 Å². The lowest BCUT2D eigenvalue weighted by Gasteiger charge is -2.32. The molecule has 1 saturated heterocycles. The number of carboxylic acids is 1. The Morgan fingerprint density at radius 3 is 2.62 bits per heavy atom. The summed E-state index contributed by atoms with van der Waals surface area (Å²) in [7, 11) is 0. The number of nitrogens with two attached hydrogens (primary N) is 1. The summed E-state index contributed by atoms with van der Waals surface area (Å²) in [6.45, 7) is 0.306. The van der Waals surface area contributed by atoms with Gasteiger partial charge in [0.05, 0.1) is 0 Å². The van der Waals surface area contributed by atoms with E-state index in [1.807, 2.05) is 0 Å². The first-order chi connectivity index (χ1) is 7.30. The molecule has 3 N–H and O–H groups in total. The second-order valence-electron chi connectivity index (χ2n) is 4.09. The fourth-order valence-electron chi connectivity index (χ4n) is 1.84. The smallest absolute Gasteiger partial charge is 0.403 e. The molecule has 0 aliphatic carbocycles. The van der Waals surface area contributed by atoms with E-state index in [0.717, 1.165) is 6.42 Å². The van der Waals surface area contributed by atoms with E-state index in [1.54, 1.807) is 0 Å². The number of carbonyl (C=O) groups is 1. The second-order valence-corrected chi connectivity index (χ2v) is 4.09. The zero-order chi connectivity index (χ0) is 12.3. The van der Waals surface area contributed by atoms with E-state index in [-0.39, 0.29) is 6.04 Å². The van der Waals surface area contributed by atoms with E-state index in [0.29, 0.717) is 19.5 Å². The fraction of sp³-hybridized carbons (Fsp3) is 0.889. The second kappa shape index (κ2) is 5.01. The number of hydrogen-bond donors (Lipinski definition) is 2. The largest absolute Gasteiger partial charge is 0.481 e. The van der Waals surface area contributed by atoms with Crippen molar-refractivity contribution in [2.24, 2.45) is 11.7 Å². The minimum atomic E-state index is -4.70. The van der Waals surface area contributed by atoms with Crippen molar-refractivity contribution in [1.82, 2.24) is 4.90 Å². The highest BCUT2D eigenvalue weighted by molar-refractivity contribution is 5.71. The Hall–Kier alpha value is -0.820. The van der Waals surface area contributed by atoms with Crippen molar-refractivity contribution in [3.8, 4) is 0 Å². The van der Waals surface area contributed by atoms with Crippen LogP contribution in [-0.2, 0) is 4.79 Å². The summed E-state index contributed by atoms with van der Waals surface area (Å²) in [5, 5.41) is 8.53. The minimum Gasteiger partial charge on any atom is -0.481 e. The van der Waals surface area contributed by atoms with Gasteiger partial charge in [-0.2, -0.15) is 13.2 Å². The van der Waals surface area contributed by atoms with Crippen molar-refractivity contribution in [3.05, 3.63) is 0 Å². The summed E-state index contributed by atoms with van der Waals surface area (Å²) in [5.41, 5.74) is 5.62. The lowest BCUT2D eigenvalue weighted by atomic mass is 10.0. The molecule has 1 rings (SSSR count). The number of rotatable bonds is 3. The molecule has 0 aromatic heterocycles. The standard InChI is InChI=1S/C9H15F3N2O2/c10-9(11,12)7(8(15)16)5-14-3-1-2-6(13)4-14/h6-7H,1-5,13H2,(H,15,16). The van der Waals surface area contributed by atoms with Gasteiger partial charge in [-0.3, -0.25) is 4.79 Å². The maximum atomic E-state index is 12.4. The van der Waals surface area contributed by atoms with Crippen LogP contribution >= 0.6 is 0 Å². The number of likely N-dealkylation sites (tertiary alicyclic amines) is 1. The Morgan fingerprint density at radius 2 is 2.19 bits per heavy atom. The predicted molar refractivity (Wildman–Crippen MR) is 50.8 cm³/mol. The van der Waals surface area contributed by atoms with Crippen LogP contribution in [0.3, 0.4) is 0 Å². The van der Waals surface area contributed by atoms with Crippen LogP contribution in [-0.4, -0.2) is 47.8 Å². The van der Waals surface area contributed by atoms with E-state index < -0.39 is 24.6 Å². The lowest BCUT2D eigenvalue weighted by molar-refractivity contribution is -0.197. The Kier molecular flexibility index (Phi) is 4.15. The molecule has 0 saturated carbocycles. The zero-order valence-corrected chi connectivity index (χ0v) is 8.70. The quantitative estimate of drug-likeness (QED) is 0.761. The van der Waals surface area contributed by atoms with Crippen LogP contribution in [0.1, 0.15) is 12.8 Å². The van der Waals surface area contributed by atoms with Gasteiger partial charge in [-0.1, -0.05) is 0 Å². The third-order valence-electron chi connectivity index (χ3n) is 2.68. The van der Waals surface area contributed by atoms with Gasteiger partial charge in [0, 0.05) is 19.1 Å². The molecule has 16 heavy (non-hydrogen) atoms. The topological polar surface area (TPSA) is 66.6 Å². The van der Waals surface area contributed by atoms with Crippen LogP contribution in [0.15, 0.2) is 0 Å². The molecule has 7 heteroatoms. The van der Waals surface area contributed by atoms with Crippen molar-refractivity contribution in [3.63, 3.8) is 0 Å². The van der Waals surface area contributed by atoms with Crippen LogP contribution in [0.2, 0.25) is 0 Å². The van der Waals surface area contributed by atoms with Gasteiger partial charge in [-0.25, -0.2) is 0 Å². The highest BCUT2D eigenvalue weighted by Crippen LogP contribution is 2.28. The number of aliphatic carboxylic acids is 1. The summed E-state index contributed by atoms with van der Waals surface area (Å²) < 4.78 is 37.2. The summed E-state index contributed by atoms with van der Waals surface area (Å²) >= 11 is 0. The normalized spacial score (nSPS) is 25.4. The van der Waals surface area contributed by atoms with E-state index >= 15 is 0 Å². The molecule has 94 valence electrons. The molecule has 0 aromatic carbocycles. The first-order valence-corrected chi connectivity index (χ1v) is 5.08. The molecule has 0 radical (unpaired) electrons. The van der Waals surface area contributed by atoms with Crippen molar-refractivity contribution >= 4 is 5.97 Å². The molecule has 0 amide bonds. The van der Waals surface area contributed by atoms with Gasteiger partial charge in [-0.15, -0.1) is 0 Å². The Balaban J connectivity index is 2.58. The number of carboxylic acid groups (broad SMARTS) is 1. The van der Waals surface area contributed by atoms with Gasteiger partial charge in [-0.05, 0) is 19.4 Å². The SMILES string of the molecule is NC1CCCN(CC(C(=O)O)C(F)(F)F)C1. The van der Waals surface area contributed by atoms with E-state index in [9.17, 15) is 18.0 Å². The molecular weight excluding hydrogens is 225 g/mol. The average Bonchev–Trinajstić information content (AvgIpc) is 2.12. The number of halogens is 3. The fourth-order valence-corrected chi connectivity index (χ4v) is 1.84. The molecule has 0 spiro atoms. The molecule has 1 aliphatic heterocycles. The Morgan fingerprint density at radius 1 is 1.56 bits per heavy atom. The van der Waals surface area contributed by atoms with E-state index in [1.165, 1.54) is 4.90 Å². The average molecular weight is 240 g/mol. The highest BCUT2D eigenvalue weighted by Gasteiger charge is 2.46. The van der Waals surface area contributed by atoms with Gasteiger partial charge in [0.2, 0.25) is 0 Å². The first kappa shape index (κ1) is 13.2. The van der Waals surface area contributed by atoms with Gasteiger partial charge < -0.3 is 15.7 Å². The van der Waals surface area contributed by atoms with Crippen molar-refractivity contribution in [2.75, 3.05) is 19.6 Å². The summed E-state index contributed by atoms with van der Waals surface area (Å²) in [5.74, 6) is -4.15. The monoisotopic (exact) mass is 240 g/mol. The molecule has 4 nitrogen and oxygen atoms in total. The molecule has 0 aromatic rings. The minimum absolute atomic E-state index is 0.156. The summed E-state index contributed by atoms with van der Waals surface area (Å²) in [4.78, 5) is 12.0. The molecule has 1 fully saturated rings. The van der Waals surface area contributed by atoms with E-state index in [4.69, 9.17) is 10.8 Å². The van der Waals surface area contributed by atoms with Crippen LogP contribution < -0.4 is 5.73 Å². The molecular formula is C9H15F3N2O2. The van der Waals surface area contributed by atoms with Crippen molar-refractivity contribution in [1.29, 1.82) is 0 Å². The maximum Gasteiger partial charge on any atom is 0.403 e. The molecule has 0 bridgehead atoms. The van der Waals surface area contributed by atoms with Crippen LogP contribution in [0, 0.1) is 5.92 Å². The first-order valence-electron chi connectivity index (χ1n) is 5.08. The number of hydrogen-bond acceptors (Lipinski definition) is 3. The Bertz CT molecular complexity index is 258. The number of alkyl halides is 3. The van der Waals surface area contributed by atoms with Gasteiger partial charge in [0.1, 0.15) is 0 Å². The Labute approximate surface area is 91.2 Å². The van der Waals surface area contributed by atoms with Crippen LogP contribution in [0.25, 0.3) is 0 Å². The van der Waals surface area contributed by atoms with Crippen LogP contribution in [0.4, 0.5) is 13.2 Å².